The number of hydrogen-bond donors (Lipinski definition) is 0. The van der Waals surface area contributed by atoms with E-state index < -0.39 is 0 Å². The number of para-hydroxylation sites is 2. The molecule has 0 radical (unpaired) electrons. The molecule has 11 aromatic rings. The van der Waals surface area contributed by atoms with E-state index in [4.69, 9.17) is 4.42 Å². The lowest BCUT2D eigenvalue weighted by Crippen LogP contribution is -2.10. The second-order valence-corrected chi connectivity index (χ2v) is 14.1. The minimum atomic E-state index is 0.892. The first-order valence-electron chi connectivity index (χ1n) is 18.8. The molecule has 3 heteroatoms. The fraction of sp³-hybridized carbons (Fsp3) is 0. The van der Waals surface area contributed by atoms with Gasteiger partial charge in [-0.15, -0.1) is 0 Å². The van der Waals surface area contributed by atoms with Crippen molar-refractivity contribution in [2.45, 2.75) is 0 Å². The van der Waals surface area contributed by atoms with Gasteiger partial charge >= 0.3 is 0 Å². The lowest BCUT2D eigenvalue weighted by Gasteiger charge is -2.26. The van der Waals surface area contributed by atoms with Gasteiger partial charge in [-0.3, -0.25) is 0 Å². The summed E-state index contributed by atoms with van der Waals surface area (Å²) in [6, 6.07) is 73.9. The Morgan fingerprint density at radius 1 is 0.382 bits per heavy atom. The number of rotatable bonds is 6. The molecule has 0 fully saturated rings. The molecule has 0 bridgehead atoms. The molecule has 0 aliphatic heterocycles. The number of furan rings is 1. The number of anilines is 3. The van der Waals surface area contributed by atoms with Crippen molar-refractivity contribution in [2.75, 3.05) is 4.90 Å². The van der Waals surface area contributed by atoms with E-state index in [1.54, 1.807) is 0 Å². The van der Waals surface area contributed by atoms with Gasteiger partial charge in [-0.2, -0.15) is 0 Å². The lowest BCUT2D eigenvalue weighted by molar-refractivity contribution is 0.673. The Kier molecular flexibility index (Phi) is 7.17. The van der Waals surface area contributed by atoms with Crippen LogP contribution in [0.15, 0.2) is 211 Å². The van der Waals surface area contributed by atoms with Crippen LogP contribution in [0.3, 0.4) is 0 Å². The van der Waals surface area contributed by atoms with Gasteiger partial charge in [0, 0.05) is 49.7 Å². The van der Waals surface area contributed by atoms with E-state index in [1.807, 2.05) is 0 Å². The summed E-state index contributed by atoms with van der Waals surface area (Å²) < 4.78 is 8.94. The van der Waals surface area contributed by atoms with Crippen LogP contribution < -0.4 is 4.90 Å². The Hall–Kier alpha value is -7.36. The first-order chi connectivity index (χ1) is 27.3. The average molecular weight is 703 g/mol. The molecule has 2 aromatic heterocycles. The maximum atomic E-state index is 6.57. The van der Waals surface area contributed by atoms with E-state index >= 15 is 0 Å². The zero-order valence-electron chi connectivity index (χ0n) is 29.9. The van der Waals surface area contributed by atoms with E-state index in [0.29, 0.717) is 0 Å². The van der Waals surface area contributed by atoms with Crippen molar-refractivity contribution in [2.24, 2.45) is 0 Å². The highest BCUT2D eigenvalue weighted by Crippen LogP contribution is 2.43. The minimum absolute atomic E-state index is 0.892. The molecule has 0 saturated heterocycles. The maximum absolute atomic E-state index is 6.57. The molecule has 0 amide bonds. The van der Waals surface area contributed by atoms with E-state index in [9.17, 15) is 0 Å². The van der Waals surface area contributed by atoms with Gasteiger partial charge in [0.15, 0.2) is 0 Å². The summed E-state index contributed by atoms with van der Waals surface area (Å²) in [5.74, 6) is 0. The van der Waals surface area contributed by atoms with Crippen molar-refractivity contribution in [3.05, 3.63) is 206 Å². The third kappa shape index (κ3) is 5.13. The third-order valence-corrected chi connectivity index (χ3v) is 11.0. The smallest absolute Gasteiger partial charge is 0.143 e. The van der Waals surface area contributed by atoms with Crippen LogP contribution in [0.1, 0.15) is 0 Å². The number of aromatic nitrogens is 1. The topological polar surface area (TPSA) is 21.3 Å². The van der Waals surface area contributed by atoms with Crippen molar-refractivity contribution in [1.82, 2.24) is 4.57 Å². The van der Waals surface area contributed by atoms with Gasteiger partial charge in [-0.1, -0.05) is 133 Å². The number of nitrogens with zero attached hydrogens (tertiary/aromatic N) is 2. The monoisotopic (exact) mass is 702 g/mol. The van der Waals surface area contributed by atoms with Crippen molar-refractivity contribution in [3.8, 4) is 27.9 Å². The summed E-state index contributed by atoms with van der Waals surface area (Å²) in [5.41, 5.74) is 13.2. The molecule has 0 aliphatic carbocycles. The highest BCUT2D eigenvalue weighted by atomic mass is 16.3. The van der Waals surface area contributed by atoms with Gasteiger partial charge in [0.05, 0.1) is 11.0 Å². The van der Waals surface area contributed by atoms with Crippen molar-refractivity contribution in [1.29, 1.82) is 0 Å². The van der Waals surface area contributed by atoms with Crippen LogP contribution in [0.2, 0.25) is 0 Å². The average Bonchev–Trinajstić information content (AvgIpc) is 3.81. The zero-order valence-corrected chi connectivity index (χ0v) is 29.9. The van der Waals surface area contributed by atoms with Gasteiger partial charge < -0.3 is 13.9 Å². The normalized spacial score (nSPS) is 11.6. The Morgan fingerprint density at radius 2 is 0.982 bits per heavy atom. The molecule has 0 unspecified atom stereocenters. The van der Waals surface area contributed by atoms with Crippen molar-refractivity contribution in [3.63, 3.8) is 0 Å². The molecular formula is C52H34N2O. The molecule has 3 nitrogen and oxygen atoms in total. The summed E-state index contributed by atoms with van der Waals surface area (Å²) in [4.78, 5) is 2.36. The second kappa shape index (κ2) is 12.6. The van der Waals surface area contributed by atoms with Gasteiger partial charge in [0.1, 0.15) is 11.2 Å². The first kappa shape index (κ1) is 31.2. The lowest BCUT2D eigenvalue weighted by atomic mass is 9.97. The molecule has 0 saturated carbocycles. The van der Waals surface area contributed by atoms with Crippen LogP contribution in [0.4, 0.5) is 17.1 Å². The van der Waals surface area contributed by atoms with E-state index in [0.717, 1.165) is 61.2 Å². The van der Waals surface area contributed by atoms with Crippen LogP contribution in [0, 0.1) is 0 Å². The standard InChI is InChI=1S/C52H34N2O/c1-2-12-35(13-3-1)36-24-27-39(28-25-36)53(40-29-31-41(32-30-40)54-48-21-8-6-18-45(48)46-19-7-9-22-49(46)54)42-16-10-15-38(34-42)43-20-11-23-50-51(43)47-33-26-37-14-4-5-17-44(37)52(47)55-50/h1-34H. The van der Waals surface area contributed by atoms with E-state index in [2.05, 4.69) is 216 Å². The molecule has 55 heavy (non-hydrogen) atoms. The molecule has 2 heterocycles. The van der Waals surface area contributed by atoms with Crippen LogP contribution in [-0.2, 0) is 0 Å². The molecule has 0 spiro atoms. The first-order valence-corrected chi connectivity index (χ1v) is 18.8. The third-order valence-electron chi connectivity index (χ3n) is 11.0. The fourth-order valence-electron chi connectivity index (χ4n) is 8.44. The summed E-state index contributed by atoms with van der Waals surface area (Å²) in [7, 11) is 0. The van der Waals surface area contributed by atoms with E-state index in [1.165, 1.54) is 38.3 Å². The van der Waals surface area contributed by atoms with Crippen LogP contribution in [0.25, 0.3) is 82.5 Å². The van der Waals surface area contributed by atoms with Crippen molar-refractivity contribution >= 4 is 71.6 Å². The second-order valence-electron chi connectivity index (χ2n) is 14.1. The molecule has 0 atom stereocenters. The Labute approximate surface area is 318 Å². The van der Waals surface area contributed by atoms with Crippen LogP contribution >= 0.6 is 0 Å². The highest BCUT2D eigenvalue weighted by molar-refractivity contribution is 6.19. The summed E-state index contributed by atoms with van der Waals surface area (Å²) in [5, 5.41) is 7.08. The molecule has 11 rings (SSSR count). The number of hydrogen-bond acceptors (Lipinski definition) is 2. The minimum Gasteiger partial charge on any atom is -0.455 e. The summed E-state index contributed by atoms with van der Waals surface area (Å²) >= 11 is 0. The largest absolute Gasteiger partial charge is 0.455 e. The predicted molar refractivity (Wildman–Crippen MR) is 231 cm³/mol. The summed E-state index contributed by atoms with van der Waals surface area (Å²) in [6.45, 7) is 0. The SMILES string of the molecule is c1ccc(-c2ccc(N(c3ccc(-n4c5ccccc5c5ccccc54)cc3)c3cccc(-c4cccc5oc6c7ccccc7ccc6c45)c3)cc2)cc1. The summed E-state index contributed by atoms with van der Waals surface area (Å²) in [6.07, 6.45) is 0. The predicted octanol–water partition coefficient (Wildman–Crippen LogP) is 14.6. The number of fused-ring (bicyclic) bond motifs is 8. The fourth-order valence-corrected chi connectivity index (χ4v) is 8.44. The zero-order chi connectivity index (χ0) is 36.3. The Bertz CT molecular complexity index is 3140. The molecule has 9 aromatic carbocycles. The molecule has 0 N–H and O–H groups in total. The Morgan fingerprint density at radius 3 is 1.73 bits per heavy atom. The quantitative estimate of drug-likeness (QED) is 0.172. The van der Waals surface area contributed by atoms with Crippen LogP contribution in [0.5, 0.6) is 0 Å². The number of benzene rings is 9. The van der Waals surface area contributed by atoms with Gasteiger partial charge in [-0.05, 0) is 100 Å². The van der Waals surface area contributed by atoms with Gasteiger partial charge in [-0.25, -0.2) is 0 Å². The molecule has 0 aliphatic rings. The Balaban J connectivity index is 1.06. The van der Waals surface area contributed by atoms with Gasteiger partial charge in [0.2, 0.25) is 0 Å². The van der Waals surface area contributed by atoms with Gasteiger partial charge in [0.25, 0.3) is 0 Å². The van der Waals surface area contributed by atoms with E-state index in [-0.39, 0.29) is 0 Å². The van der Waals surface area contributed by atoms with Crippen LogP contribution in [-0.4, -0.2) is 4.57 Å². The molecular weight excluding hydrogens is 669 g/mol. The van der Waals surface area contributed by atoms with Crippen molar-refractivity contribution < 1.29 is 4.42 Å². The maximum Gasteiger partial charge on any atom is 0.143 e. The highest BCUT2D eigenvalue weighted by Gasteiger charge is 2.19. The molecule has 258 valence electrons.